The van der Waals surface area contributed by atoms with E-state index in [-0.39, 0.29) is 0 Å². The Morgan fingerprint density at radius 3 is 3.11 bits per heavy atom. The maximum atomic E-state index is 4.81. The minimum Gasteiger partial charge on any atom is -0.328 e. The quantitative estimate of drug-likeness (QED) is 0.895. The van der Waals surface area contributed by atoms with Crippen LogP contribution in [0.5, 0.6) is 0 Å². The molecule has 0 atom stereocenters. The monoisotopic (exact) mass is 242 g/mol. The van der Waals surface area contributed by atoms with Crippen molar-refractivity contribution in [2.45, 2.75) is 32.4 Å². The fourth-order valence-corrected chi connectivity index (χ4v) is 2.64. The van der Waals surface area contributed by atoms with Crippen molar-refractivity contribution in [1.29, 1.82) is 0 Å². The Hall–Kier alpha value is -1.68. The van der Waals surface area contributed by atoms with Crippen LogP contribution in [0.25, 0.3) is 11.4 Å². The highest BCUT2D eigenvalue weighted by Crippen LogP contribution is 2.26. The van der Waals surface area contributed by atoms with E-state index in [1.807, 2.05) is 19.3 Å². The fourth-order valence-electron chi connectivity index (χ4n) is 2.64. The zero-order chi connectivity index (χ0) is 12.4. The molecule has 94 valence electrons. The number of fused-ring (bicyclic) bond motifs is 1. The summed E-state index contributed by atoms with van der Waals surface area (Å²) in [6.07, 6.45) is 7.36. The molecule has 18 heavy (non-hydrogen) atoms. The van der Waals surface area contributed by atoms with Crippen LogP contribution in [0.15, 0.2) is 24.5 Å². The molecule has 2 aromatic rings. The van der Waals surface area contributed by atoms with Crippen molar-refractivity contribution < 1.29 is 0 Å². The van der Waals surface area contributed by atoms with Crippen LogP contribution in [0.4, 0.5) is 0 Å². The Kier molecular flexibility index (Phi) is 3.11. The van der Waals surface area contributed by atoms with Gasteiger partial charge >= 0.3 is 0 Å². The molecule has 0 bridgehead atoms. The molecule has 1 N–H and O–H groups in total. The van der Waals surface area contributed by atoms with E-state index in [0.717, 1.165) is 30.9 Å². The zero-order valence-electron chi connectivity index (χ0n) is 10.7. The second-order valence-electron chi connectivity index (χ2n) is 4.71. The van der Waals surface area contributed by atoms with Gasteiger partial charge in [-0.3, -0.25) is 4.98 Å². The summed E-state index contributed by atoms with van der Waals surface area (Å²) in [5.41, 5.74) is 3.70. The molecule has 1 aliphatic heterocycles. The molecule has 2 aromatic heterocycles. The number of hydrogen-bond donors (Lipinski definition) is 1. The smallest absolute Gasteiger partial charge is 0.142 e. The summed E-state index contributed by atoms with van der Waals surface area (Å²) in [6, 6.07) is 4.05. The fraction of sp³-hybridized carbons (Fsp3) is 0.429. The summed E-state index contributed by atoms with van der Waals surface area (Å²) >= 11 is 0. The molecule has 1 aliphatic rings. The van der Waals surface area contributed by atoms with E-state index in [2.05, 4.69) is 20.9 Å². The highest BCUT2D eigenvalue weighted by atomic mass is 15.1. The van der Waals surface area contributed by atoms with Crippen LogP contribution in [0, 0.1) is 0 Å². The minimum atomic E-state index is 0.843. The van der Waals surface area contributed by atoms with Crippen molar-refractivity contribution in [1.82, 2.24) is 19.9 Å². The van der Waals surface area contributed by atoms with Gasteiger partial charge in [0.15, 0.2) is 0 Å². The van der Waals surface area contributed by atoms with E-state index >= 15 is 0 Å². The van der Waals surface area contributed by atoms with Crippen LogP contribution >= 0.6 is 0 Å². The maximum Gasteiger partial charge on any atom is 0.142 e. The maximum absolute atomic E-state index is 4.81. The highest BCUT2D eigenvalue weighted by Gasteiger charge is 2.20. The summed E-state index contributed by atoms with van der Waals surface area (Å²) in [7, 11) is 1.97. The largest absolute Gasteiger partial charge is 0.328 e. The van der Waals surface area contributed by atoms with Gasteiger partial charge in [0.1, 0.15) is 5.82 Å². The third-order valence-electron chi connectivity index (χ3n) is 3.46. The first-order chi connectivity index (χ1) is 8.90. The molecule has 0 aromatic carbocycles. The van der Waals surface area contributed by atoms with Gasteiger partial charge in [0.2, 0.25) is 0 Å². The average molecular weight is 242 g/mol. The van der Waals surface area contributed by atoms with Crippen LogP contribution in [0.3, 0.4) is 0 Å². The summed E-state index contributed by atoms with van der Waals surface area (Å²) < 4.78 is 2.37. The zero-order valence-corrected chi connectivity index (χ0v) is 10.7. The number of rotatable bonds is 3. The van der Waals surface area contributed by atoms with Gasteiger partial charge < -0.3 is 9.88 Å². The van der Waals surface area contributed by atoms with Crippen LogP contribution in [0.1, 0.15) is 24.2 Å². The number of hydrogen-bond acceptors (Lipinski definition) is 3. The van der Waals surface area contributed by atoms with Crippen LogP contribution < -0.4 is 5.32 Å². The Labute approximate surface area is 107 Å². The summed E-state index contributed by atoms with van der Waals surface area (Å²) in [5.74, 6) is 1.07. The van der Waals surface area contributed by atoms with E-state index < -0.39 is 0 Å². The summed E-state index contributed by atoms with van der Waals surface area (Å²) in [5, 5.41) is 3.21. The van der Waals surface area contributed by atoms with Crippen LogP contribution in [-0.2, 0) is 19.5 Å². The first-order valence-electron chi connectivity index (χ1n) is 6.53. The van der Waals surface area contributed by atoms with Gasteiger partial charge in [0.05, 0.1) is 5.69 Å². The number of pyridine rings is 1. The highest BCUT2D eigenvalue weighted by molar-refractivity contribution is 5.55. The first kappa shape index (κ1) is 11.4. The lowest BCUT2D eigenvalue weighted by molar-refractivity contribution is 0.531. The number of aromatic nitrogens is 3. The Bertz CT molecular complexity index is 530. The lowest BCUT2D eigenvalue weighted by Gasteiger charge is -2.17. The molecule has 4 heteroatoms. The van der Waals surface area contributed by atoms with Crippen molar-refractivity contribution in [2.24, 2.45) is 0 Å². The van der Waals surface area contributed by atoms with Crippen molar-refractivity contribution in [3.63, 3.8) is 0 Å². The predicted octanol–water partition coefficient (Wildman–Crippen LogP) is 2.00. The summed E-state index contributed by atoms with van der Waals surface area (Å²) in [6.45, 7) is 1.92. The standard InChI is InChI=1S/C14H18N4/c1-15-10-12-13-6-2-3-8-18(13)14(17-12)11-5-4-7-16-9-11/h4-5,7,9,15H,2-3,6,8,10H2,1H3. The van der Waals surface area contributed by atoms with E-state index in [0.29, 0.717) is 0 Å². The average Bonchev–Trinajstić information content (AvgIpc) is 2.80. The van der Waals surface area contributed by atoms with Crippen molar-refractivity contribution in [3.05, 3.63) is 35.9 Å². The van der Waals surface area contributed by atoms with Crippen molar-refractivity contribution in [3.8, 4) is 11.4 Å². The number of nitrogens with one attached hydrogen (secondary N) is 1. The molecule has 0 fully saturated rings. The summed E-state index contributed by atoms with van der Waals surface area (Å²) in [4.78, 5) is 9.01. The molecule has 0 saturated carbocycles. The van der Waals surface area contributed by atoms with E-state index in [4.69, 9.17) is 4.98 Å². The lowest BCUT2D eigenvalue weighted by Crippen LogP contribution is -2.14. The molecule has 0 spiro atoms. The molecule has 0 amide bonds. The van der Waals surface area contributed by atoms with Crippen molar-refractivity contribution >= 4 is 0 Å². The molecule has 0 aliphatic carbocycles. The molecular formula is C14H18N4. The van der Waals surface area contributed by atoms with Gasteiger partial charge in [-0.25, -0.2) is 4.98 Å². The van der Waals surface area contributed by atoms with Gasteiger partial charge in [-0.05, 0) is 38.4 Å². The van der Waals surface area contributed by atoms with Gasteiger partial charge in [0.25, 0.3) is 0 Å². The van der Waals surface area contributed by atoms with E-state index in [9.17, 15) is 0 Å². The Morgan fingerprint density at radius 1 is 1.39 bits per heavy atom. The third kappa shape index (κ3) is 1.93. The Balaban J connectivity index is 2.09. The molecule has 0 unspecified atom stereocenters. The van der Waals surface area contributed by atoms with E-state index in [1.54, 1.807) is 6.20 Å². The first-order valence-corrected chi connectivity index (χ1v) is 6.53. The van der Waals surface area contributed by atoms with Crippen LogP contribution in [-0.4, -0.2) is 21.6 Å². The molecule has 0 radical (unpaired) electrons. The van der Waals surface area contributed by atoms with E-state index in [1.165, 1.54) is 24.2 Å². The third-order valence-corrected chi connectivity index (χ3v) is 3.46. The second-order valence-corrected chi connectivity index (χ2v) is 4.71. The minimum absolute atomic E-state index is 0.843. The Morgan fingerprint density at radius 2 is 2.33 bits per heavy atom. The SMILES string of the molecule is CNCc1nc(-c2cccnc2)n2c1CCCC2. The number of nitrogens with zero attached hydrogens (tertiary/aromatic N) is 3. The molecule has 3 rings (SSSR count). The number of imidazole rings is 1. The van der Waals surface area contributed by atoms with Gasteiger partial charge in [0, 0.05) is 36.7 Å². The normalized spacial score (nSPS) is 14.5. The topological polar surface area (TPSA) is 42.7 Å². The van der Waals surface area contributed by atoms with Gasteiger partial charge in [-0.2, -0.15) is 0 Å². The van der Waals surface area contributed by atoms with Gasteiger partial charge in [-0.1, -0.05) is 0 Å². The van der Waals surface area contributed by atoms with Gasteiger partial charge in [-0.15, -0.1) is 0 Å². The van der Waals surface area contributed by atoms with Crippen LogP contribution in [0.2, 0.25) is 0 Å². The lowest BCUT2D eigenvalue weighted by atomic mass is 10.1. The predicted molar refractivity (Wildman–Crippen MR) is 71.2 cm³/mol. The second kappa shape index (κ2) is 4.90. The van der Waals surface area contributed by atoms with Crippen molar-refractivity contribution in [2.75, 3.05) is 7.05 Å². The molecule has 4 nitrogen and oxygen atoms in total. The molecular weight excluding hydrogens is 224 g/mol. The molecule has 0 saturated heterocycles. The molecule has 3 heterocycles.